The third kappa shape index (κ3) is 5.00. The number of amides is 1. The molecule has 1 amide bonds. The zero-order valence-corrected chi connectivity index (χ0v) is 13.4. The topological polar surface area (TPSA) is 58.6 Å². The third-order valence-corrected chi connectivity index (χ3v) is 3.95. The van der Waals surface area contributed by atoms with Gasteiger partial charge in [-0.2, -0.15) is 0 Å². The van der Waals surface area contributed by atoms with E-state index in [0.29, 0.717) is 18.2 Å². The van der Waals surface area contributed by atoms with E-state index in [1.807, 2.05) is 6.92 Å². The fraction of sp³-hybridized carbons (Fsp3) is 0.500. The molecule has 6 heteroatoms. The number of ether oxygens (including phenoxy) is 1. The van der Waals surface area contributed by atoms with Crippen molar-refractivity contribution in [3.8, 4) is 0 Å². The monoisotopic (exact) mass is 324 g/mol. The summed E-state index contributed by atoms with van der Waals surface area (Å²) < 4.78 is 5.04. The molecule has 2 rings (SSSR count). The lowest BCUT2D eigenvalue weighted by atomic mass is 9.97. The molecule has 1 N–H and O–H groups in total. The highest BCUT2D eigenvalue weighted by molar-refractivity contribution is 6.30. The number of carbonyl (C=O) groups is 2. The molecule has 22 heavy (non-hydrogen) atoms. The normalized spacial score (nSPS) is 16.3. The minimum Gasteiger partial charge on any atom is -0.466 e. The summed E-state index contributed by atoms with van der Waals surface area (Å²) in [5.74, 6) is -0.208. The van der Waals surface area contributed by atoms with Gasteiger partial charge in [-0.15, -0.1) is 0 Å². The lowest BCUT2D eigenvalue weighted by Gasteiger charge is -2.30. The van der Waals surface area contributed by atoms with Gasteiger partial charge in [0.15, 0.2) is 0 Å². The summed E-state index contributed by atoms with van der Waals surface area (Å²) in [6.45, 7) is 4.03. The van der Waals surface area contributed by atoms with Crippen molar-refractivity contribution in [3.05, 3.63) is 29.3 Å². The van der Waals surface area contributed by atoms with Crippen molar-refractivity contribution in [1.29, 1.82) is 0 Å². The van der Waals surface area contributed by atoms with Crippen LogP contribution in [0.1, 0.15) is 19.8 Å². The highest BCUT2D eigenvalue weighted by atomic mass is 35.5. The maximum Gasteiger partial charge on any atom is 0.309 e. The molecule has 0 saturated carbocycles. The van der Waals surface area contributed by atoms with E-state index in [4.69, 9.17) is 16.3 Å². The van der Waals surface area contributed by atoms with Crippen LogP contribution in [0.15, 0.2) is 24.3 Å². The SMILES string of the molecule is CCOC(=O)C1CCN(CC(=O)Nc2ccc(Cl)cc2)CC1. The van der Waals surface area contributed by atoms with Gasteiger partial charge in [0.25, 0.3) is 0 Å². The number of nitrogens with one attached hydrogen (secondary N) is 1. The highest BCUT2D eigenvalue weighted by Gasteiger charge is 2.26. The highest BCUT2D eigenvalue weighted by Crippen LogP contribution is 2.19. The number of carbonyl (C=O) groups excluding carboxylic acids is 2. The van der Waals surface area contributed by atoms with E-state index >= 15 is 0 Å². The van der Waals surface area contributed by atoms with Gasteiger partial charge >= 0.3 is 5.97 Å². The Kier molecular flexibility index (Phi) is 6.21. The Labute approximate surface area is 135 Å². The Morgan fingerprint density at radius 1 is 1.27 bits per heavy atom. The molecule has 1 aliphatic heterocycles. The van der Waals surface area contributed by atoms with Crippen LogP contribution >= 0.6 is 11.6 Å². The van der Waals surface area contributed by atoms with Crippen LogP contribution in [0.4, 0.5) is 5.69 Å². The van der Waals surface area contributed by atoms with E-state index in [2.05, 4.69) is 10.2 Å². The number of halogens is 1. The Morgan fingerprint density at radius 3 is 2.50 bits per heavy atom. The molecule has 120 valence electrons. The van der Waals surface area contributed by atoms with Crippen LogP contribution < -0.4 is 5.32 Å². The maximum absolute atomic E-state index is 12.0. The number of anilines is 1. The van der Waals surface area contributed by atoms with Crippen molar-refractivity contribution >= 4 is 29.2 Å². The summed E-state index contributed by atoms with van der Waals surface area (Å²) in [6, 6.07) is 7.02. The number of hydrogen-bond donors (Lipinski definition) is 1. The minimum atomic E-state index is -0.118. The van der Waals surface area contributed by atoms with Crippen LogP contribution in [0.25, 0.3) is 0 Å². The van der Waals surface area contributed by atoms with Gasteiger partial charge in [0.1, 0.15) is 0 Å². The van der Waals surface area contributed by atoms with E-state index in [0.717, 1.165) is 31.6 Å². The fourth-order valence-corrected chi connectivity index (χ4v) is 2.65. The maximum atomic E-state index is 12.0. The first-order chi connectivity index (χ1) is 10.6. The zero-order chi connectivity index (χ0) is 15.9. The van der Waals surface area contributed by atoms with Crippen molar-refractivity contribution in [2.75, 3.05) is 31.6 Å². The van der Waals surface area contributed by atoms with E-state index in [-0.39, 0.29) is 17.8 Å². The molecule has 0 radical (unpaired) electrons. The summed E-state index contributed by atoms with van der Waals surface area (Å²) in [4.78, 5) is 25.7. The summed E-state index contributed by atoms with van der Waals surface area (Å²) in [5.41, 5.74) is 0.732. The quantitative estimate of drug-likeness (QED) is 0.846. The van der Waals surface area contributed by atoms with Crippen LogP contribution in [0.3, 0.4) is 0 Å². The van der Waals surface area contributed by atoms with Crippen molar-refractivity contribution < 1.29 is 14.3 Å². The number of piperidine rings is 1. The van der Waals surface area contributed by atoms with E-state index in [1.54, 1.807) is 24.3 Å². The number of benzene rings is 1. The molecule has 0 atom stereocenters. The van der Waals surface area contributed by atoms with Crippen molar-refractivity contribution in [3.63, 3.8) is 0 Å². The Hall–Kier alpha value is -1.59. The molecule has 5 nitrogen and oxygen atoms in total. The van der Waals surface area contributed by atoms with Crippen LogP contribution in [-0.4, -0.2) is 43.0 Å². The second-order valence-corrected chi connectivity index (χ2v) is 5.79. The van der Waals surface area contributed by atoms with Crippen LogP contribution in [0, 0.1) is 5.92 Å². The van der Waals surface area contributed by atoms with Gasteiger partial charge in [-0.25, -0.2) is 0 Å². The molecule has 0 aromatic heterocycles. The first-order valence-electron chi connectivity index (χ1n) is 7.53. The molecule has 0 spiro atoms. The van der Waals surface area contributed by atoms with Gasteiger partial charge in [-0.3, -0.25) is 14.5 Å². The summed E-state index contributed by atoms with van der Waals surface area (Å²) >= 11 is 5.81. The second kappa shape index (κ2) is 8.15. The Balaban J connectivity index is 1.74. The molecule has 0 unspecified atom stereocenters. The Bertz CT molecular complexity index is 511. The second-order valence-electron chi connectivity index (χ2n) is 5.36. The number of esters is 1. The largest absolute Gasteiger partial charge is 0.466 e. The Morgan fingerprint density at radius 2 is 1.91 bits per heavy atom. The first kappa shape index (κ1) is 16.8. The average Bonchev–Trinajstić information content (AvgIpc) is 2.50. The van der Waals surface area contributed by atoms with E-state index in [9.17, 15) is 9.59 Å². The van der Waals surface area contributed by atoms with Gasteiger partial charge < -0.3 is 10.1 Å². The summed E-state index contributed by atoms with van der Waals surface area (Å²) in [5, 5.41) is 3.48. The van der Waals surface area contributed by atoms with Crippen LogP contribution in [0.5, 0.6) is 0 Å². The molecule has 0 aliphatic carbocycles. The van der Waals surface area contributed by atoms with Crippen LogP contribution in [0.2, 0.25) is 5.02 Å². The summed E-state index contributed by atoms with van der Waals surface area (Å²) in [7, 11) is 0. The van der Waals surface area contributed by atoms with Gasteiger partial charge in [0.05, 0.1) is 19.1 Å². The minimum absolute atomic E-state index is 0.0319. The van der Waals surface area contributed by atoms with Gasteiger partial charge in [0.2, 0.25) is 5.91 Å². The third-order valence-electron chi connectivity index (χ3n) is 3.70. The molecular formula is C16H21ClN2O3. The van der Waals surface area contributed by atoms with E-state index < -0.39 is 0 Å². The lowest BCUT2D eigenvalue weighted by molar-refractivity contribution is -0.149. The standard InChI is InChI=1S/C16H21ClN2O3/c1-2-22-16(21)12-7-9-19(10-8-12)11-15(20)18-14-5-3-13(17)4-6-14/h3-6,12H,2,7-11H2,1H3,(H,18,20). The number of nitrogens with zero attached hydrogens (tertiary/aromatic N) is 1. The smallest absolute Gasteiger partial charge is 0.309 e. The fourth-order valence-electron chi connectivity index (χ4n) is 2.52. The molecule has 1 saturated heterocycles. The van der Waals surface area contributed by atoms with Crippen LogP contribution in [-0.2, 0) is 14.3 Å². The molecule has 1 fully saturated rings. The average molecular weight is 325 g/mol. The predicted octanol–water partition coefficient (Wildman–Crippen LogP) is 2.55. The molecule has 1 heterocycles. The number of rotatable bonds is 5. The number of likely N-dealkylation sites (tertiary alicyclic amines) is 1. The lowest BCUT2D eigenvalue weighted by Crippen LogP contribution is -2.41. The van der Waals surface area contributed by atoms with Crippen molar-refractivity contribution in [2.45, 2.75) is 19.8 Å². The predicted molar refractivity (Wildman–Crippen MR) is 85.9 cm³/mol. The molecule has 1 aromatic carbocycles. The first-order valence-corrected chi connectivity index (χ1v) is 7.90. The molecular weight excluding hydrogens is 304 g/mol. The number of hydrogen-bond acceptors (Lipinski definition) is 4. The van der Waals surface area contributed by atoms with Gasteiger partial charge in [-0.05, 0) is 57.1 Å². The van der Waals surface area contributed by atoms with E-state index in [1.165, 1.54) is 0 Å². The van der Waals surface area contributed by atoms with Gasteiger partial charge in [-0.1, -0.05) is 11.6 Å². The molecule has 1 aliphatic rings. The molecule has 0 bridgehead atoms. The molecule has 1 aromatic rings. The van der Waals surface area contributed by atoms with Crippen molar-refractivity contribution in [1.82, 2.24) is 4.90 Å². The summed E-state index contributed by atoms with van der Waals surface area (Å²) in [6.07, 6.45) is 1.49. The zero-order valence-electron chi connectivity index (χ0n) is 12.7. The van der Waals surface area contributed by atoms with Gasteiger partial charge in [0, 0.05) is 10.7 Å². The van der Waals surface area contributed by atoms with Crippen molar-refractivity contribution in [2.24, 2.45) is 5.92 Å².